The number of hydrogen-bond acceptors (Lipinski definition) is 9. The summed E-state index contributed by atoms with van der Waals surface area (Å²) in [6.07, 6.45) is 0. The lowest BCUT2D eigenvalue weighted by molar-refractivity contribution is -0.384. The number of hydrogen-bond donors (Lipinski definition) is 1. The number of carbonyl (C=O) groups excluding carboxylic acids is 2. The van der Waals surface area contributed by atoms with Crippen molar-refractivity contribution < 1.29 is 24.1 Å². The van der Waals surface area contributed by atoms with Gasteiger partial charge in [0.15, 0.2) is 0 Å². The summed E-state index contributed by atoms with van der Waals surface area (Å²) in [5.74, 6) is -2.16. The lowest BCUT2D eigenvalue weighted by Gasteiger charge is -2.37. The van der Waals surface area contributed by atoms with Gasteiger partial charge in [0.1, 0.15) is 0 Å². The number of nitrogens with zero attached hydrogens (tertiary/aromatic N) is 3. The van der Waals surface area contributed by atoms with Crippen molar-refractivity contribution in [2.75, 3.05) is 27.2 Å². The molecule has 0 radical (unpaired) electrons. The second kappa shape index (κ2) is 10.2. The Balaban J connectivity index is 2.78. The Morgan fingerprint density at radius 1 is 1.19 bits per heavy atom. The molecule has 1 aliphatic heterocycles. The summed E-state index contributed by atoms with van der Waals surface area (Å²) < 4.78 is 5.28. The molecule has 0 aliphatic carbocycles. The third kappa shape index (κ3) is 4.92. The van der Waals surface area contributed by atoms with Crippen LogP contribution in [-0.2, 0) is 19.2 Å². The van der Waals surface area contributed by atoms with E-state index in [1.807, 2.05) is 11.8 Å². The summed E-state index contributed by atoms with van der Waals surface area (Å²) in [6.45, 7) is 7.76. The van der Waals surface area contributed by atoms with E-state index in [1.165, 1.54) is 25.2 Å². The number of nitro benzene ring substituents is 1. The zero-order chi connectivity index (χ0) is 23.3. The maximum atomic E-state index is 13.2. The van der Waals surface area contributed by atoms with Gasteiger partial charge in [0.25, 0.3) is 5.69 Å². The molecule has 0 aromatic heterocycles. The van der Waals surface area contributed by atoms with Gasteiger partial charge in [-0.1, -0.05) is 17.3 Å². The van der Waals surface area contributed by atoms with E-state index < -0.39 is 22.8 Å². The van der Waals surface area contributed by atoms with Crippen molar-refractivity contribution >= 4 is 17.6 Å². The Bertz CT molecular complexity index is 940. The standard InChI is InChI=1S/C21H28N4O6/c1-7-24-13(3)17(20(26)30-8-2)19(15-10-9-11-16(12-15)25(28)29)18(14(24)4)21(27)31-23(6)22-5/h9-12,19,22H,7-8H2,1-6H3. The zero-order valence-electron chi connectivity index (χ0n) is 18.6. The predicted molar refractivity (Wildman–Crippen MR) is 113 cm³/mol. The van der Waals surface area contributed by atoms with Crippen LogP contribution >= 0.6 is 0 Å². The summed E-state index contributed by atoms with van der Waals surface area (Å²) >= 11 is 0. The number of ether oxygens (including phenoxy) is 1. The number of hydroxylamine groups is 1. The molecule has 10 heteroatoms. The summed E-state index contributed by atoms with van der Waals surface area (Å²) in [5, 5.41) is 12.5. The molecule has 2 rings (SSSR count). The number of nitrogens with one attached hydrogen (secondary N) is 1. The van der Waals surface area contributed by atoms with E-state index in [-0.39, 0.29) is 23.4 Å². The van der Waals surface area contributed by atoms with Crippen LogP contribution in [0.3, 0.4) is 0 Å². The second-order valence-electron chi connectivity index (χ2n) is 6.85. The largest absolute Gasteiger partial charge is 0.463 e. The van der Waals surface area contributed by atoms with Crippen LogP contribution in [0.5, 0.6) is 0 Å². The molecular weight excluding hydrogens is 404 g/mol. The van der Waals surface area contributed by atoms with Crippen molar-refractivity contribution in [3.05, 3.63) is 62.5 Å². The Morgan fingerprint density at radius 3 is 2.32 bits per heavy atom. The summed E-state index contributed by atoms with van der Waals surface area (Å²) in [6, 6.07) is 5.89. The van der Waals surface area contributed by atoms with Crippen molar-refractivity contribution in [1.29, 1.82) is 0 Å². The molecule has 1 N–H and O–H groups in total. The van der Waals surface area contributed by atoms with Gasteiger partial charge in [0.2, 0.25) is 0 Å². The SMILES string of the molecule is CCOC(=O)C1=C(C)N(CC)C(C)=C(C(=O)ON(C)NC)C1c1cccc([N+](=O)[O-])c1. The van der Waals surface area contributed by atoms with Gasteiger partial charge in [-0.3, -0.25) is 10.1 Å². The second-order valence-corrected chi connectivity index (χ2v) is 6.85. The molecule has 1 aromatic carbocycles. The lowest BCUT2D eigenvalue weighted by atomic mass is 9.79. The quantitative estimate of drug-likeness (QED) is 0.376. The van der Waals surface area contributed by atoms with Crippen LogP contribution in [-0.4, -0.2) is 54.2 Å². The van der Waals surface area contributed by atoms with Gasteiger partial charge < -0.3 is 14.5 Å². The van der Waals surface area contributed by atoms with Crippen molar-refractivity contribution in [3.63, 3.8) is 0 Å². The maximum Gasteiger partial charge on any atom is 0.356 e. The van der Waals surface area contributed by atoms with E-state index in [0.717, 1.165) is 5.17 Å². The minimum atomic E-state index is -0.889. The first kappa shape index (κ1) is 24.0. The number of hydrazine groups is 1. The van der Waals surface area contributed by atoms with Gasteiger partial charge in [0, 0.05) is 44.2 Å². The molecule has 0 saturated heterocycles. The molecule has 0 fully saturated rings. The van der Waals surface area contributed by atoms with Crippen LogP contribution < -0.4 is 5.43 Å². The molecule has 1 aromatic rings. The molecule has 1 atom stereocenters. The van der Waals surface area contributed by atoms with Crippen LogP contribution in [0, 0.1) is 10.1 Å². The Morgan fingerprint density at radius 2 is 1.81 bits per heavy atom. The van der Waals surface area contributed by atoms with E-state index in [9.17, 15) is 19.7 Å². The fourth-order valence-corrected chi connectivity index (χ4v) is 3.69. The minimum Gasteiger partial charge on any atom is -0.463 e. The van der Waals surface area contributed by atoms with Crippen molar-refractivity contribution in [2.45, 2.75) is 33.6 Å². The average molecular weight is 432 g/mol. The molecule has 168 valence electrons. The normalized spacial score (nSPS) is 16.6. The topological polar surface area (TPSA) is 114 Å². The average Bonchev–Trinajstić information content (AvgIpc) is 2.73. The minimum absolute atomic E-state index is 0.144. The number of esters is 1. The van der Waals surface area contributed by atoms with Gasteiger partial charge in [-0.05, 0) is 33.3 Å². The Kier molecular flexibility index (Phi) is 7.89. The van der Waals surface area contributed by atoms with Crippen molar-refractivity contribution in [1.82, 2.24) is 15.5 Å². The predicted octanol–water partition coefficient (Wildman–Crippen LogP) is 2.65. The van der Waals surface area contributed by atoms with E-state index in [0.29, 0.717) is 23.5 Å². The van der Waals surface area contributed by atoms with Gasteiger partial charge in [-0.2, -0.15) is 0 Å². The van der Waals surface area contributed by atoms with Crippen LogP contribution in [0.4, 0.5) is 5.69 Å². The molecule has 0 spiro atoms. The van der Waals surface area contributed by atoms with E-state index in [2.05, 4.69) is 5.43 Å². The maximum absolute atomic E-state index is 13.2. The van der Waals surface area contributed by atoms with Crippen LogP contribution in [0.1, 0.15) is 39.2 Å². The first-order valence-corrected chi connectivity index (χ1v) is 9.91. The van der Waals surface area contributed by atoms with Crippen LogP contribution in [0.2, 0.25) is 0 Å². The third-order valence-electron chi connectivity index (χ3n) is 5.15. The van der Waals surface area contributed by atoms with Gasteiger partial charge in [-0.15, -0.1) is 0 Å². The highest BCUT2D eigenvalue weighted by Gasteiger charge is 2.41. The fourth-order valence-electron chi connectivity index (χ4n) is 3.69. The highest BCUT2D eigenvalue weighted by atomic mass is 16.7. The number of carbonyl (C=O) groups is 2. The molecule has 0 bridgehead atoms. The van der Waals surface area contributed by atoms with Gasteiger partial charge >= 0.3 is 11.9 Å². The highest BCUT2D eigenvalue weighted by molar-refractivity contribution is 5.99. The summed E-state index contributed by atoms with van der Waals surface area (Å²) in [5.41, 5.74) is 4.62. The van der Waals surface area contributed by atoms with Crippen LogP contribution in [0.15, 0.2) is 46.8 Å². The molecule has 1 aliphatic rings. The molecule has 1 heterocycles. The molecule has 0 amide bonds. The van der Waals surface area contributed by atoms with Crippen molar-refractivity contribution in [2.24, 2.45) is 0 Å². The lowest BCUT2D eigenvalue weighted by Crippen LogP contribution is -2.39. The Labute approximate surface area is 181 Å². The molecular formula is C21H28N4O6. The van der Waals surface area contributed by atoms with Crippen molar-refractivity contribution in [3.8, 4) is 0 Å². The molecule has 31 heavy (non-hydrogen) atoms. The summed E-state index contributed by atoms with van der Waals surface area (Å²) in [4.78, 5) is 44.2. The van der Waals surface area contributed by atoms with Gasteiger partial charge in [-0.25, -0.2) is 15.0 Å². The number of benzene rings is 1. The van der Waals surface area contributed by atoms with E-state index in [4.69, 9.17) is 9.57 Å². The number of rotatable bonds is 8. The monoisotopic (exact) mass is 432 g/mol. The number of allylic oxidation sites excluding steroid dienone is 2. The zero-order valence-corrected chi connectivity index (χ0v) is 18.6. The smallest absolute Gasteiger partial charge is 0.356 e. The molecule has 10 nitrogen and oxygen atoms in total. The van der Waals surface area contributed by atoms with E-state index >= 15 is 0 Å². The Hall–Kier alpha value is -3.24. The number of non-ortho nitro benzene ring substituents is 1. The first-order chi connectivity index (χ1) is 14.7. The third-order valence-corrected chi connectivity index (χ3v) is 5.15. The molecule has 1 unspecified atom stereocenters. The fraction of sp³-hybridized carbons (Fsp3) is 0.429. The van der Waals surface area contributed by atoms with E-state index in [1.54, 1.807) is 33.9 Å². The number of nitro groups is 1. The van der Waals surface area contributed by atoms with Gasteiger partial charge in [0.05, 0.1) is 28.6 Å². The van der Waals surface area contributed by atoms with Crippen LogP contribution in [0.25, 0.3) is 0 Å². The summed E-state index contributed by atoms with van der Waals surface area (Å²) in [7, 11) is 3.10. The molecule has 0 saturated carbocycles. The highest BCUT2D eigenvalue weighted by Crippen LogP contribution is 2.43. The first-order valence-electron chi connectivity index (χ1n) is 9.91.